The van der Waals surface area contributed by atoms with Gasteiger partial charge in [-0.25, -0.2) is 4.39 Å². The number of H-pyrrole nitrogens is 1. The van der Waals surface area contributed by atoms with Crippen LogP contribution in [-0.2, 0) is 25.7 Å². The number of nitrogens with one attached hydrogen (secondary N) is 1. The molecular formula is C24H23FN4O3. The van der Waals surface area contributed by atoms with E-state index < -0.39 is 6.10 Å². The summed E-state index contributed by atoms with van der Waals surface area (Å²) in [5, 5.41) is 7.03. The number of rotatable bonds is 6. The van der Waals surface area contributed by atoms with E-state index in [1.807, 2.05) is 6.92 Å². The second kappa shape index (κ2) is 7.78. The number of fused-ring (bicyclic) bond motifs is 2. The highest BCUT2D eigenvalue weighted by molar-refractivity contribution is 6.21. The minimum Gasteiger partial charge on any atom is -0.488 e. The Hall–Kier alpha value is -3.68. The standard InChI is InChI=1S/C24H23FN4O3/c1-2-17-20(27-28-22(17)26)8-7-13-9-15(25)10-14-11-16(32-21(13)14)12-29-23(30)18-5-3-4-6-19(18)24(29)31/h3-6,9-10,16H,2,7-8,11-12H2,1H3,(H3,26,27,28). The van der Waals surface area contributed by atoms with Gasteiger partial charge in [-0.1, -0.05) is 19.1 Å². The zero-order chi connectivity index (χ0) is 22.4. The predicted octanol–water partition coefficient (Wildman–Crippen LogP) is 3.08. The number of aryl methyl sites for hydroxylation is 2. The number of hydrogen-bond acceptors (Lipinski definition) is 5. The first-order valence-electron chi connectivity index (χ1n) is 10.7. The molecule has 2 aromatic carbocycles. The molecule has 0 spiro atoms. The number of benzene rings is 2. The number of nitrogens with zero attached hydrogens (tertiary/aromatic N) is 2. The highest BCUT2D eigenvalue weighted by Crippen LogP contribution is 2.36. The van der Waals surface area contributed by atoms with Crippen molar-refractivity contribution < 1.29 is 18.7 Å². The van der Waals surface area contributed by atoms with Gasteiger partial charge in [0.25, 0.3) is 11.8 Å². The molecule has 1 aromatic heterocycles. The Kier molecular flexibility index (Phi) is 4.92. The summed E-state index contributed by atoms with van der Waals surface area (Å²) in [4.78, 5) is 26.6. The van der Waals surface area contributed by atoms with Crippen LogP contribution in [0.4, 0.5) is 10.2 Å². The maximum absolute atomic E-state index is 14.3. The second-order valence-electron chi connectivity index (χ2n) is 8.18. The lowest BCUT2D eigenvalue weighted by molar-refractivity contribution is 0.0587. The van der Waals surface area contributed by atoms with Crippen LogP contribution in [0.1, 0.15) is 50.0 Å². The molecule has 0 saturated carbocycles. The molecule has 0 bridgehead atoms. The molecule has 1 atom stereocenters. The van der Waals surface area contributed by atoms with Gasteiger partial charge in [-0.3, -0.25) is 19.6 Å². The summed E-state index contributed by atoms with van der Waals surface area (Å²) in [6.45, 7) is 2.14. The van der Waals surface area contributed by atoms with E-state index >= 15 is 0 Å². The number of amides is 2. The summed E-state index contributed by atoms with van der Waals surface area (Å²) >= 11 is 0. The average molecular weight is 434 g/mol. The molecule has 2 aliphatic heterocycles. The third-order valence-corrected chi connectivity index (χ3v) is 6.19. The first-order chi connectivity index (χ1) is 15.5. The van der Waals surface area contributed by atoms with E-state index in [1.54, 1.807) is 24.3 Å². The monoisotopic (exact) mass is 434 g/mol. The number of aromatic amines is 1. The maximum Gasteiger partial charge on any atom is 0.261 e. The number of nitrogens with two attached hydrogens (primary N) is 1. The molecule has 0 aliphatic carbocycles. The summed E-state index contributed by atoms with van der Waals surface area (Å²) in [7, 11) is 0. The zero-order valence-electron chi connectivity index (χ0n) is 17.7. The lowest BCUT2D eigenvalue weighted by Gasteiger charge is -2.19. The number of carbonyl (C=O) groups excluding carboxylic acids is 2. The average Bonchev–Trinajstić information content (AvgIpc) is 3.43. The summed E-state index contributed by atoms with van der Waals surface area (Å²) in [6.07, 6.45) is 1.95. The summed E-state index contributed by atoms with van der Waals surface area (Å²) in [6, 6.07) is 9.73. The van der Waals surface area contributed by atoms with Crippen LogP contribution >= 0.6 is 0 Å². The van der Waals surface area contributed by atoms with Gasteiger partial charge < -0.3 is 10.5 Å². The normalized spacial score (nSPS) is 16.9. The topological polar surface area (TPSA) is 101 Å². The van der Waals surface area contributed by atoms with E-state index in [-0.39, 0.29) is 24.2 Å². The number of anilines is 1. The molecule has 3 N–H and O–H groups in total. The van der Waals surface area contributed by atoms with Crippen LogP contribution in [0.5, 0.6) is 5.75 Å². The molecule has 0 fully saturated rings. The van der Waals surface area contributed by atoms with Gasteiger partial charge in [-0.05, 0) is 49.1 Å². The molecule has 8 heteroatoms. The third-order valence-electron chi connectivity index (χ3n) is 6.19. The molecule has 0 saturated heterocycles. The van der Waals surface area contributed by atoms with Crippen LogP contribution in [0, 0.1) is 5.82 Å². The lowest BCUT2D eigenvalue weighted by Crippen LogP contribution is -2.38. The quantitative estimate of drug-likeness (QED) is 0.581. The first-order valence-corrected chi connectivity index (χ1v) is 10.7. The fourth-order valence-electron chi connectivity index (χ4n) is 4.64. The molecule has 7 nitrogen and oxygen atoms in total. The van der Waals surface area contributed by atoms with E-state index in [4.69, 9.17) is 10.5 Å². The van der Waals surface area contributed by atoms with Gasteiger partial charge in [0.15, 0.2) is 0 Å². The Labute approximate surface area is 184 Å². The number of ether oxygens (including phenoxy) is 1. The van der Waals surface area contributed by atoms with Gasteiger partial charge in [-0.15, -0.1) is 0 Å². The molecular weight excluding hydrogens is 411 g/mol. The van der Waals surface area contributed by atoms with Crippen molar-refractivity contribution in [3.05, 3.63) is 75.7 Å². The number of imide groups is 1. The van der Waals surface area contributed by atoms with E-state index in [0.717, 1.165) is 28.8 Å². The van der Waals surface area contributed by atoms with Crippen LogP contribution < -0.4 is 10.5 Å². The smallest absolute Gasteiger partial charge is 0.261 e. The number of aromatic nitrogens is 2. The van der Waals surface area contributed by atoms with Gasteiger partial charge in [0.1, 0.15) is 23.5 Å². The number of halogens is 1. The molecule has 5 rings (SSSR count). The Bertz CT molecular complexity index is 1200. The van der Waals surface area contributed by atoms with Crippen molar-refractivity contribution in [1.29, 1.82) is 0 Å². The Morgan fingerprint density at radius 2 is 1.91 bits per heavy atom. The van der Waals surface area contributed by atoms with Crippen LogP contribution in [0.2, 0.25) is 0 Å². The molecule has 1 unspecified atom stereocenters. The molecule has 0 radical (unpaired) electrons. The van der Waals surface area contributed by atoms with Crippen molar-refractivity contribution in [2.45, 2.75) is 38.7 Å². The van der Waals surface area contributed by atoms with Gasteiger partial charge in [0, 0.05) is 23.2 Å². The van der Waals surface area contributed by atoms with Crippen molar-refractivity contribution in [1.82, 2.24) is 15.1 Å². The third kappa shape index (κ3) is 3.32. The number of nitrogen functional groups attached to an aromatic ring is 1. The van der Waals surface area contributed by atoms with E-state index in [2.05, 4.69) is 10.2 Å². The van der Waals surface area contributed by atoms with Gasteiger partial charge >= 0.3 is 0 Å². The van der Waals surface area contributed by atoms with Crippen molar-refractivity contribution >= 4 is 17.6 Å². The Morgan fingerprint density at radius 1 is 1.19 bits per heavy atom. The molecule has 3 aromatic rings. The highest BCUT2D eigenvalue weighted by Gasteiger charge is 2.38. The van der Waals surface area contributed by atoms with E-state index in [9.17, 15) is 14.0 Å². The Balaban J connectivity index is 1.33. The highest BCUT2D eigenvalue weighted by atomic mass is 19.1. The largest absolute Gasteiger partial charge is 0.488 e. The van der Waals surface area contributed by atoms with Crippen molar-refractivity contribution in [2.24, 2.45) is 0 Å². The zero-order valence-corrected chi connectivity index (χ0v) is 17.7. The second-order valence-corrected chi connectivity index (χ2v) is 8.18. The minimum atomic E-state index is -0.415. The first kappa shape index (κ1) is 20.2. The molecule has 2 aliphatic rings. The van der Waals surface area contributed by atoms with Crippen molar-refractivity contribution in [2.75, 3.05) is 12.3 Å². The predicted molar refractivity (Wildman–Crippen MR) is 116 cm³/mol. The van der Waals surface area contributed by atoms with Crippen LogP contribution in [0.3, 0.4) is 0 Å². The fourth-order valence-corrected chi connectivity index (χ4v) is 4.64. The van der Waals surface area contributed by atoms with Crippen LogP contribution in [0.25, 0.3) is 0 Å². The van der Waals surface area contributed by atoms with Gasteiger partial charge in [0.05, 0.1) is 17.7 Å². The minimum absolute atomic E-state index is 0.124. The molecule has 32 heavy (non-hydrogen) atoms. The van der Waals surface area contributed by atoms with Crippen molar-refractivity contribution in [3.63, 3.8) is 0 Å². The van der Waals surface area contributed by atoms with Crippen LogP contribution in [0.15, 0.2) is 36.4 Å². The van der Waals surface area contributed by atoms with E-state index in [0.29, 0.717) is 42.0 Å². The van der Waals surface area contributed by atoms with Gasteiger partial charge in [0.2, 0.25) is 0 Å². The summed E-state index contributed by atoms with van der Waals surface area (Å²) in [5.41, 5.74) is 10.1. The van der Waals surface area contributed by atoms with Crippen LogP contribution in [-0.4, -0.2) is 39.6 Å². The molecule has 3 heterocycles. The van der Waals surface area contributed by atoms with Gasteiger partial charge in [-0.2, -0.15) is 5.10 Å². The summed E-state index contributed by atoms with van der Waals surface area (Å²) < 4.78 is 20.5. The molecule has 2 amide bonds. The van der Waals surface area contributed by atoms with Crippen molar-refractivity contribution in [3.8, 4) is 5.75 Å². The SMILES string of the molecule is CCc1c(N)n[nH]c1CCc1cc(F)cc2c1OC(CN1C(=O)c3ccccc3C1=O)C2. The number of carbonyl (C=O) groups is 2. The lowest BCUT2D eigenvalue weighted by atomic mass is 10.0. The maximum atomic E-state index is 14.3. The fraction of sp³-hybridized carbons (Fsp3) is 0.292. The number of hydrogen-bond donors (Lipinski definition) is 2. The summed E-state index contributed by atoms with van der Waals surface area (Å²) in [5.74, 6) is 0.160. The van der Waals surface area contributed by atoms with E-state index in [1.165, 1.54) is 17.0 Å². The Morgan fingerprint density at radius 3 is 2.59 bits per heavy atom. The molecule has 164 valence electrons.